The van der Waals surface area contributed by atoms with Crippen LogP contribution >= 0.6 is 0 Å². The molecule has 1 saturated heterocycles. The first-order chi connectivity index (χ1) is 6.24. The van der Waals surface area contributed by atoms with Gasteiger partial charge in [-0.05, 0) is 19.8 Å². The second kappa shape index (κ2) is 5.54. The molecule has 1 fully saturated rings. The Labute approximate surface area is 78.9 Å². The van der Waals surface area contributed by atoms with Gasteiger partial charge in [-0.3, -0.25) is 0 Å². The van der Waals surface area contributed by atoms with Crippen molar-refractivity contribution in [1.82, 2.24) is 5.32 Å². The van der Waals surface area contributed by atoms with E-state index in [0.29, 0.717) is 6.54 Å². The van der Waals surface area contributed by atoms with Crippen molar-refractivity contribution in [3.05, 3.63) is 0 Å². The molecule has 0 aromatic rings. The van der Waals surface area contributed by atoms with Gasteiger partial charge in [-0.15, -0.1) is 0 Å². The fraction of sp³-hybridized carbons (Fsp3) is 1.00. The van der Waals surface area contributed by atoms with Crippen LogP contribution in [0.1, 0.15) is 19.8 Å². The Hall–Kier alpha value is -0.160. The zero-order valence-electron chi connectivity index (χ0n) is 8.07. The van der Waals surface area contributed by atoms with Crippen molar-refractivity contribution in [2.75, 3.05) is 19.8 Å². The fourth-order valence-electron chi connectivity index (χ4n) is 1.51. The molecule has 3 atom stereocenters. The van der Waals surface area contributed by atoms with Crippen molar-refractivity contribution in [2.45, 2.75) is 38.0 Å². The molecule has 0 aromatic carbocycles. The van der Waals surface area contributed by atoms with Gasteiger partial charge in [0, 0.05) is 19.2 Å². The van der Waals surface area contributed by atoms with E-state index in [4.69, 9.17) is 14.9 Å². The van der Waals surface area contributed by atoms with E-state index in [1.807, 2.05) is 6.92 Å². The molecule has 78 valence electrons. The highest BCUT2D eigenvalue weighted by Crippen LogP contribution is 2.15. The van der Waals surface area contributed by atoms with E-state index in [1.54, 1.807) is 0 Å². The lowest BCUT2D eigenvalue weighted by atomic mass is 10.1. The van der Waals surface area contributed by atoms with Gasteiger partial charge in [-0.25, -0.2) is 0 Å². The van der Waals surface area contributed by atoms with Crippen molar-refractivity contribution in [3.8, 4) is 0 Å². The molecule has 4 nitrogen and oxygen atoms in total. The minimum atomic E-state index is -0.663. The van der Waals surface area contributed by atoms with E-state index >= 15 is 0 Å². The van der Waals surface area contributed by atoms with Crippen LogP contribution in [0.3, 0.4) is 0 Å². The second-order valence-electron chi connectivity index (χ2n) is 3.58. The molecule has 0 saturated carbocycles. The van der Waals surface area contributed by atoms with Gasteiger partial charge >= 0.3 is 0 Å². The monoisotopic (exact) mass is 189 g/mol. The first-order valence-corrected chi connectivity index (χ1v) is 4.88. The SMILES string of the molecule is CC(NC[C@H](O)CO)C1CCCO1. The Morgan fingerprint density at radius 2 is 2.38 bits per heavy atom. The van der Waals surface area contributed by atoms with Gasteiger partial charge < -0.3 is 20.3 Å². The number of aliphatic hydroxyl groups excluding tert-OH is 2. The smallest absolute Gasteiger partial charge is 0.0895 e. The van der Waals surface area contributed by atoms with E-state index < -0.39 is 6.10 Å². The zero-order chi connectivity index (χ0) is 9.68. The van der Waals surface area contributed by atoms with Crippen LogP contribution in [-0.2, 0) is 4.74 Å². The van der Waals surface area contributed by atoms with Crippen LogP contribution < -0.4 is 5.32 Å². The Morgan fingerprint density at radius 1 is 1.62 bits per heavy atom. The number of nitrogens with one attached hydrogen (secondary N) is 1. The predicted octanol–water partition coefficient (Wildman–Crippen LogP) is -0.503. The predicted molar refractivity (Wildman–Crippen MR) is 49.5 cm³/mol. The van der Waals surface area contributed by atoms with Crippen LogP contribution in [-0.4, -0.2) is 48.2 Å². The van der Waals surface area contributed by atoms with Gasteiger partial charge in [0.25, 0.3) is 0 Å². The fourth-order valence-corrected chi connectivity index (χ4v) is 1.51. The zero-order valence-corrected chi connectivity index (χ0v) is 8.07. The molecule has 13 heavy (non-hydrogen) atoms. The summed E-state index contributed by atoms with van der Waals surface area (Å²) in [5, 5.41) is 20.8. The van der Waals surface area contributed by atoms with Crippen molar-refractivity contribution >= 4 is 0 Å². The Balaban J connectivity index is 2.12. The maximum atomic E-state index is 9.10. The van der Waals surface area contributed by atoms with Gasteiger partial charge in [0.1, 0.15) is 0 Å². The normalized spacial score (nSPS) is 27.5. The molecule has 0 spiro atoms. The van der Waals surface area contributed by atoms with Gasteiger partial charge in [0.2, 0.25) is 0 Å². The molecule has 3 N–H and O–H groups in total. The van der Waals surface area contributed by atoms with Gasteiger partial charge in [0.15, 0.2) is 0 Å². The summed E-state index contributed by atoms with van der Waals surface area (Å²) in [4.78, 5) is 0. The quantitative estimate of drug-likeness (QED) is 0.545. The van der Waals surface area contributed by atoms with E-state index in [-0.39, 0.29) is 18.8 Å². The molecule has 1 aliphatic rings. The van der Waals surface area contributed by atoms with E-state index in [2.05, 4.69) is 5.32 Å². The topological polar surface area (TPSA) is 61.7 Å². The highest BCUT2D eigenvalue weighted by atomic mass is 16.5. The van der Waals surface area contributed by atoms with Crippen LogP contribution in [0.5, 0.6) is 0 Å². The average Bonchev–Trinajstić information content (AvgIpc) is 2.66. The molecule has 1 aliphatic heterocycles. The minimum Gasteiger partial charge on any atom is -0.394 e. The van der Waals surface area contributed by atoms with Crippen molar-refractivity contribution in [3.63, 3.8) is 0 Å². The average molecular weight is 189 g/mol. The third-order valence-corrected chi connectivity index (χ3v) is 2.41. The van der Waals surface area contributed by atoms with E-state index in [9.17, 15) is 0 Å². The Kier molecular flexibility index (Phi) is 4.66. The van der Waals surface area contributed by atoms with Gasteiger partial charge in [0.05, 0.1) is 18.8 Å². The number of ether oxygens (including phenoxy) is 1. The lowest BCUT2D eigenvalue weighted by Gasteiger charge is -2.21. The van der Waals surface area contributed by atoms with Crippen LogP contribution in [0.2, 0.25) is 0 Å². The second-order valence-corrected chi connectivity index (χ2v) is 3.58. The van der Waals surface area contributed by atoms with Crippen LogP contribution in [0.4, 0.5) is 0 Å². The van der Waals surface area contributed by atoms with Crippen molar-refractivity contribution in [1.29, 1.82) is 0 Å². The molecule has 0 amide bonds. The molecule has 4 heteroatoms. The molecule has 1 rings (SSSR count). The summed E-state index contributed by atoms with van der Waals surface area (Å²) in [5.74, 6) is 0. The molecule has 0 radical (unpaired) electrons. The summed E-state index contributed by atoms with van der Waals surface area (Å²) >= 11 is 0. The lowest BCUT2D eigenvalue weighted by molar-refractivity contribution is 0.0637. The first kappa shape index (κ1) is 10.9. The maximum Gasteiger partial charge on any atom is 0.0895 e. The largest absolute Gasteiger partial charge is 0.394 e. The molecule has 1 heterocycles. The summed E-state index contributed by atoms with van der Waals surface area (Å²) in [6.07, 6.45) is 1.82. The third-order valence-electron chi connectivity index (χ3n) is 2.41. The van der Waals surface area contributed by atoms with Gasteiger partial charge in [-0.1, -0.05) is 0 Å². The van der Waals surface area contributed by atoms with Crippen LogP contribution in [0.15, 0.2) is 0 Å². The van der Waals surface area contributed by atoms with E-state index in [1.165, 1.54) is 0 Å². The number of hydrogen-bond donors (Lipinski definition) is 3. The number of aliphatic hydroxyl groups is 2. The summed E-state index contributed by atoms with van der Waals surface area (Å²) in [7, 11) is 0. The molecule has 0 bridgehead atoms. The summed E-state index contributed by atoms with van der Waals surface area (Å²) in [6, 6.07) is 0.253. The van der Waals surface area contributed by atoms with Crippen molar-refractivity contribution in [2.24, 2.45) is 0 Å². The molecular weight excluding hydrogens is 170 g/mol. The summed E-state index contributed by atoms with van der Waals surface area (Å²) < 4.78 is 5.47. The first-order valence-electron chi connectivity index (χ1n) is 4.88. The van der Waals surface area contributed by atoms with Crippen LogP contribution in [0, 0.1) is 0 Å². The summed E-state index contributed by atoms with van der Waals surface area (Å²) in [6.45, 7) is 3.13. The van der Waals surface area contributed by atoms with Gasteiger partial charge in [-0.2, -0.15) is 0 Å². The van der Waals surface area contributed by atoms with Crippen LogP contribution in [0.25, 0.3) is 0 Å². The molecule has 0 aromatic heterocycles. The highest BCUT2D eigenvalue weighted by molar-refractivity contribution is 4.77. The lowest BCUT2D eigenvalue weighted by Crippen LogP contribution is -2.41. The third kappa shape index (κ3) is 3.60. The Morgan fingerprint density at radius 3 is 2.92 bits per heavy atom. The van der Waals surface area contributed by atoms with Crippen molar-refractivity contribution < 1.29 is 14.9 Å². The molecular formula is C9H19NO3. The van der Waals surface area contributed by atoms with E-state index in [0.717, 1.165) is 19.4 Å². The number of rotatable bonds is 5. The Bertz CT molecular complexity index is 137. The minimum absolute atomic E-state index is 0.189. The molecule has 0 aliphatic carbocycles. The standard InChI is InChI=1S/C9H19NO3/c1-7(9-3-2-4-13-9)10-5-8(12)6-11/h7-12H,2-6H2,1H3/t7?,8-,9?/m0/s1. The maximum absolute atomic E-state index is 9.10. The summed E-state index contributed by atoms with van der Waals surface area (Å²) in [5.41, 5.74) is 0. The molecule has 2 unspecified atom stereocenters. The number of hydrogen-bond acceptors (Lipinski definition) is 4. The highest BCUT2D eigenvalue weighted by Gasteiger charge is 2.22.